The Balaban J connectivity index is 1.04. The van der Waals surface area contributed by atoms with E-state index in [0.29, 0.717) is 38.4 Å². The number of piperidine rings is 1. The minimum absolute atomic E-state index is 0.00888. The predicted molar refractivity (Wildman–Crippen MR) is 129 cm³/mol. The molecular formula is C26H27F3N6O2. The average molecular weight is 513 g/mol. The number of benzene rings is 1. The highest BCUT2D eigenvalue weighted by atomic mass is 19.4. The summed E-state index contributed by atoms with van der Waals surface area (Å²) >= 11 is 0. The van der Waals surface area contributed by atoms with Gasteiger partial charge in [-0.25, -0.2) is 4.98 Å². The van der Waals surface area contributed by atoms with Crippen LogP contribution in [0.15, 0.2) is 35.4 Å². The molecule has 3 N–H and O–H groups in total. The fourth-order valence-electron chi connectivity index (χ4n) is 5.73. The molecule has 8 nitrogen and oxygen atoms in total. The highest BCUT2D eigenvalue weighted by molar-refractivity contribution is 5.94. The van der Waals surface area contributed by atoms with Gasteiger partial charge in [-0.15, -0.1) is 0 Å². The van der Waals surface area contributed by atoms with E-state index in [2.05, 4.69) is 15.4 Å². The van der Waals surface area contributed by atoms with Crippen LogP contribution >= 0.6 is 0 Å². The second-order valence-corrected chi connectivity index (χ2v) is 10.4. The number of pyridine rings is 1. The highest BCUT2D eigenvalue weighted by Gasteiger charge is 2.51. The molecular weight excluding hydrogens is 485 g/mol. The Hall–Kier alpha value is -3.63. The number of rotatable bonds is 6. The lowest BCUT2D eigenvalue weighted by Gasteiger charge is -2.21. The number of hydrogen-bond acceptors (Lipinski definition) is 6. The smallest absolute Gasteiger partial charge is 0.384 e. The molecule has 37 heavy (non-hydrogen) atoms. The molecule has 1 aromatic carbocycles. The van der Waals surface area contributed by atoms with Crippen molar-refractivity contribution in [2.24, 2.45) is 22.9 Å². The van der Waals surface area contributed by atoms with Crippen LogP contribution in [-0.4, -0.2) is 46.0 Å². The lowest BCUT2D eigenvalue weighted by Crippen LogP contribution is -2.36. The Morgan fingerprint density at radius 2 is 1.86 bits per heavy atom. The van der Waals surface area contributed by atoms with Crippen molar-refractivity contribution < 1.29 is 22.8 Å². The van der Waals surface area contributed by atoms with E-state index in [0.717, 1.165) is 30.2 Å². The van der Waals surface area contributed by atoms with Crippen molar-refractivity contribution in [3.63, 3.8) is 0 Å². The second kappa shape index (κ2) is 8.74. The molecule has 6 rings (SSSR count). The summed E-state index contributed by atoms with van der Waals surface area (Å²) in [6, 6.07) is 8.06. The number of aryl methyl sites for hydroxylation is 1. The van der Waals surface area contributed by atoms with Gasteiger partial charge in [-0.3, -0.25) is 14.6 Å². The topological polar surface area (TPSA) is 104 Å². The van der Waals surface area contributed by atoms with Gasteiger partial charge in [-0.1, -0.05) is 24.3 Å². The van der Waals surface area contributed by atoms with Crippen LogP contribution in [0.1, 0.15) is 46.8 Å². The summed E-state index contributed by atoms with van der Waals surface area (Å²) in [4.78, 5) is 31.1. The van der Waals surface area contributed by atoms with Gasteiger partial charge in [0.15, 0.2) is 0 Å². The van der Waals surface area contributed by atoms with Crippen LogP contribution in [-0.2, 0) is 35.3 Å². The lowest BCUT2D eigenvalue weighted by molar-refractivity contribution is -0.138. The number of nitrogens with zero attached hydrogens (tertiary/aromatic N) is 4. The molecule has 4 aliphatic rings. The number of hydrazone groups is 1. The second-order valence-electron chi connectivity index (χ2n) is 10.4. The van der Waals surface area contributed by atoms with Gasteiger partial charge in [0.25, 0.3) is 0 Å². The molecule has 194 valence electrons. The number of halogens is 3. The minimum atomic E-state index is -4.58. The van der Waals surface area contributed by atoms with E-state index in [4.69, 9.17) is 5.73 Å². The average Bonchev–Trinajstić information content (AvgIpc) is 3.12. The van der Waals surface area contributed by atoms with E-state index in [-0.39, 0.29) is 34.8 Å². The number of nitrogens with one attached hydrogen (secondary N) is 1. The Kier molecular flexibility index (Phi) is 5.61. The number of carbonyl (C=O) groups excluding carboxylic acids is 2. The molecule has 2 aliphatic carbocycles. The number of anilines is 1. The fourth-order valence-corrected chi connectivity index (χ4v) is 5.73. The highest BCUT2D eigenvalue weighted by Crippen LogP contribution is 2.46. The molecule has 0 radical (unpaired) electrons. The molecule has 1 saturated carbocycles. The SMILES string of the molecule is Nc1cc(C(F)(F)F)c2c(n1)CCC2NC(=O)C1C=NN(Cc2ccc(CN3CC4CC4C3=O)cc2)C1. The van der Waals surface area contributed by atoms with Gasteiger partial charge in [-0.05, 0) is 42.4 Å². The molecule has 1 aromatic heterocycles. The monoisotopic (exact) mass is 512 g/mol. The minimum Gasteiger partial charge on any atom is -0.384 e. The number of nitrogens with two attached hydrogens (primary N) is 1. The number of carbonyl (C=O) groups is 2. The molecule has 11 heteroatoms. The molecule has 2 amide bonds. The molecule has 2 aliphatic heterocycles. The molecule has 2 aromatic rings. The molecule has 1 saturated heterocycles. The summed E-state index contributed by atoms with van der Waals surface area (Å²) in [5.74, 6) is -0.0326. The van der Waals surface area contributed by atoms with E-state index in [1.807, 2.05) is 29.2 Å². The summed E-state index contributed by atoms with van der Waals surface area (Å²) in [7, 11) is 0. The van der Waals surface area contributed by atoms with Gasteiger partial charge >= 0.3 is 6.18 Å². The maximum Gasteiger partial charge on any atom is 0.416 e. The maximum atomic E-state index is 13.6. The number of amides is 2. The third kappa shape index (κ3) is 4.62. The number of aromatic nitrogens is 1. The van der Waals surface area contributed by atoms with Gasteiger partial charge in [0.2, 0.25) is 11.8 Å². The van der Waals surface area contributed by atoms with Crippen LogP contribution in [0.4, 0.5) is 19.0 Å². The van der Waals surface area contributed by atoms with Crippen LogP contribution in [0.2, 0.25) is 0 Å². The zero-order valence-corrected chi connectivity index (χ0v) is 20.0. The first-order valence-corrected chi connectivity index (χ1v) is 12.5. The summed E-state index contributed by atoms with van der Waals surface area (Å²) in [6.07, 6.45) is -1.35. The number of likely N-dealkylation sites (tertiary alicyclic amines) is 1. The Bertz CT molecular complexity index is 1280. The van der Waals surface area contributed by atoms with Crippen LogP contribution < -0.4 is 11.1 Å². The summed E-state index contributed by atoms with van der Waals surface area (Å²) in [5, 5.41) is 8.88. The third-order valence-electron chi connectivity index (χ3n) is 7.72. The normalized spacial score (nSPS) is 26.0. The van der Waals surface area contributed by atoms with Crippen molar-refractivity contribution in [1.29, 1.82) is 0 Å². The largest absolute Gasteiger partial charge is 0.416 e. The van der Waals surface area contributed by atoms with Gasteiger partial charge in [0.05, 0.1) is 30.6 Å². The van der Waals surface area contributed by atoms with Gasteiger partial charge in [0.1, 0.15) is 5.82 Å². The standard InChI is InChI=1S/C26H27F3N6O2/c27-26(28,29)19-8-22(30)32-20-5-6-21(23(19)20)33-24(36)17-9-31-35(13-17)11-15-3-1-14(2-4-15)10-34-12-16-7-18(16)25(34)37/h1-4,8-9,16-18,21H,5-7,10-13H2,(H2,30,32)(H,33,36). The van der Waals surface area contributed by atoms with Crippen molar-refractivity contribution in [1.82, 2.24) is 20.2 Å². The van der Waals surface area contributed by atoms with Crippen LogP contribution in [0.3, 0.4) is 0 Å². The van der Waals surface area contributed by atoms with Crippen LogP contribution in [0.5, 0.6) is 0 Å². The first kappa shape index (κ1) is 23.7. The van der Waals surface area contributed by atoms with Gasteiger partial charge in [0, 0.05) is 36.5 Å². The van der Waals surface area contributed by atoms with Gasteiger partial charge in [-0.2, -0.15) is 18.3 Å². The Morgan fingerprint density at radius 1 is 1.14 bits per heavy atom. The maximum absolute atomic E-state index is 13.6. The van der Waals surface area contributed by atoms with E-state index >= 15 is 0 Å². The first-order valence-electron chi connectivity index (χ1n) is 12.5. The zero-order valence-electron chi connectivity index (χ0n) is 20.0. The number of fused-ring (bicyclic) bond motifs is 2. The van der Waals surface area contributed by atoms with Crippen molar-refractivity contribution in [3.8, 4) is 0 Å². The zero-order chi connectivity index (χ0) is 25.9. The van der Waals surface area contributed by atoms with E-state index in [1.165, 1.54) is 6.21 Å². The first-order chi connectivity index (χ1) is 17.7. The van der Waals surface area contributed by atoms with Crippen molar-refractivity contribution in [2.75, 3.05) is 18.8 Å². The Labute approximate surface area is 211 Å². The number of nitrogen functional groups attached to an aromatic ring is 1. The fraction of sp³-hybridized carbons (Fsp3) is 0.462. The molecule has 3 heterocycles. The van der Waals surface area contributed by atoms with Crippen molar-refractivity contribution in [3.05, 3.63) is 58.3 Å². The molecule has 4 atom stereocenters. The summed E-state index contributed by atoms with van der Waals surface area (Å²) < 4.78 is 40.8. The third-order valence-corrected chi connectivity index (χ3v) is 7.72. The quantitative estimate of drug-likeness (QED) is 0.620. The van der Waals surface area contributed by atoms with Crippen molar-refractivity contribution in [2.45, 2.75) is 44.6 Å². The molecule has 4 unspecified atom stereocenters. The predicted octanol–water partition coefficient (Wildman–Crippen LogP) is 2.88. The summed E-state index contributed by atoms with van der Waals surface area (Å²) in [6.45, 7) is 2.32. The number of alkyl halides is 3. The van der Waals surface area contributed by atoms with Crippen LogP contribution in [0, 0.1) is 17.8 Å². The molecule has 2 fully saturated rings. The number of hydrogen-bond donors (Lipinski definition) is 2. The molecule has 0 bridgehead atoms. The van der Waals surface area contributed by atoms with Crippen molar-refractivity contribution >= 4 is 23.8 Å². The lowest BCUT2D eigenvalue weighted by atomic mass is 10.0. The molecule has 0 spiro atoms. The van der Waals surface area contributed by atoms with Gasteiger partial charge < -0.3 is 16.0 Å². The van der Waals surface area contributed by atoms with E-state index < -0.39 is 23.7 Å². The summed E-state index contributed by atoms with van der Waals surface area (Å²) in [5.41, 5.74) is 7.12. The van der Waals surface area contributed by atoms with E-state index in [1.54, 1.807) is 5.01 Å². The van der Waals surface area contributed by atoms with E-state index in [9.17, 15) is 22.8 Å². The Morgan fingerprint density at radius 3 is 2.54 bits per heavy atom. The van der Waals surface area contributed by atoms with Crippen LogP contribution in [0.25, 0.3) is 0 Å².